The molecular weight excluding hydrogens is 218 g/mol. The summed E-state index contributed by atoms with van der Waals surface area (Å²) in [4.78, 5) is 15.2. The number of nitrogens with zero attached hydrogens (tertiary/aromatic N) is 1. The highest BCUT2D eigenvalue weighted by atomic mass is 16.5. The number of rotatable bonds is 5. The van der Waals surface area contributed by atoms with Gasteiger partial charge in [0.15, 0.2) is 0 Å². The van der Waals surface area contributed by atoms with E-state index >= 15 is 0 Å². The highest BCUT2D eigenvalue weighted by Crippen LogP contribution is 2.31. The summed E-state index contributed by atoms with van der Waals surface area (Å²) in [6.07, 6.45) is 3.75. The molecule has 0 spiro atoms. The monoisotopic (exact) mass is 235 g/mol. The number of pyridine rings is 1. The second kappa shape index (κ2) is 5.14. The van der Waals surface area contributed by atoms with Crippen LogP contribution in [0.3, 0.4) is 0 Å². The van der Waals surface area contributed by atoms with Gasteiger partial charge in [0, 0.05) is 6.20 Å². The number of nitrogens with two attached hydrogens (primary N) is 1. The maximum atomic E-state index is 11.2. The molecule has 0 aliphatic heterocycles. The normalized spacial score (nSPS) is 22.9. The highest BCUT2D eigenvalue weighted by Gasteiger charge is 2.31. The van der Waals surface area contributed by atoms with Gasteiger partial charge in [-0.25, -0.2) is 4.98 Å². The Bertz CT molecular complexity index is 402. The number of nitrogens with one attached hydrogen (secondary N) is 1. The lowest BCUT2D eigenvalue weighted by molar-refractivity contribution is 0.0602. The van der Waals surface area contributed by atoms with E-state index in [-0.39, 0.29) is 6.10 Å². The number of hydrogen-bond acceptors (Lipinski definition) is 4. The molecule has 1 aromatic rings. The first kappa shape index (κ1) is 11.9. The van der Waals surface area contributed by atoms with Crippen LogP contribution in [0.2, 0.25) is 0 Å². The summed E-state index contributed by atoms with van der Waals surface area (Å²) in [5.41, 5.74) is 5.61. The van der Waals surface area contributed by atoms with Crippen molar-refractivity contribution in [2.75, 3.05) is 13.6 Å². The topological polar surface area (TPSA) is 77.2 Å². The van der Waals surface area contributed by atoms with E-state index < -0.39 is 5.91 Å². The summed E-state index contributed by atoms with van der Waals surface area (Å²) in [6.45, 7) is 1.00. The molecule has 0 aromatic carbocycles. The van der Waals surface area contributed by atoms with Crippen LogP contribution in [-0.4, -0.2) is 30.6 Å². The summed E-state index contributed by atoms with van der Waals surface area (Å²) in [5.74, 6) is 0.512. The zero-order valence-electron chi connectivity index (χ0n) is 9.85. The molecule has 1 heterocycles. The Labute approximate surface area is 100 Å². The van der Waals surface area contributed by atoms with E-state index in [0.717, 1.165) is 19.4 Å². The van der Waals surface area contributed by atoms with Gasteiger partial charge in [-0.2, -0.15) is 0 Å². The molecule has 1 aromatic heterocycles. The van der Waals surface area contributed by atoms with Crippen LogP contribution >= 0.6 is 0 Å². The minimum Gasteiger partial charge on any atom is -0.474 e. The fourth-order valence-electron chi connectivity index (χ4n) is 2.06. The minimum absolute atomic E-state index is 0.154. The number of carbonyl (C=O) groups excluding carboxylic acids is 1. The molecule has 0 atom stereocenters. The predicted molar refractivity (Wildman–Crippen MR) is 63.8 cm³/mol. The van der Waals surface area contributed by atoms with Crippen LogP contribution in [0.5, 0.6) is 5.88 Å². The van der Waals surface area contributed by atoms with Gasteiger partial charge in [-0.05, 0) is 44.5 Å². The third kappa shape index (κ3) is 2.74. The van der Waals surface area contributed by atoms with E-state index in [9.17, 15) is 4.79 Å². The van der Waals surface area contributed by atoms with Gasteiger partial charge in [0.05, 0.1) is 0 Å². The number of ether oxygens (including phenoxy) is 1. The Hall–Kier alpha value is -1.62. The molecule has 0 bridgehead atoms. The fraction of sp³-hybridized carbons (Fsp3) is 0.500. The van der Waals surface area contributed by atoms with Crippen LogP contribution < -0.4 is 15.8 Å². The summed E-state index contributed by atoms with van der Waals surface area (Å²) < 4.78 is 5.68. The quantitative estimate of drug-likeness (QED) is 0.781. The van der Waals surface area contributed by atoms with Gasteiger partial charge in [0.2, 0.25) is 5.88 Å². The van der Waals surface area contributed by atoms with Gasteiger partial charge >= 0.3 is 0 Å². The molecule has 5 heteroatoms. The van der Waals surface area contributed by atoms with Crippen LogP contribution in [-0.2, 0) is 0 Å². The second-order valence-electron chi connectivity index (χ2n) is 4.36. The van der Waals surface area contributed by atoms with E-state index in [1.54, 1.807) is 18.3 Å². The zero-order chi connectivity index (χ0) is 12.3. The van der Waals surface area contributed by atoms with Gasteiger partial charge in [0.1, 0.15) is 11.7 Å². The van der Waals surface area contributed by atoms with Gasteiger partial charge in [0.25, 0.3) is 5.91 Å². The largest absolute Gasteiger partial charge is 0.474 e. The Balaban J connectivity index is 1.94. The lowest BCUT2D eigenvalue weighted by atomic mass is 9.82. The Morgan fingerprint density at radius 1 is 1.65 bits per heavy atom. The van der Waals surface area contributed by atoms with Crippen molar-refractivity contribution >= 4 is 5.91 Å². The van der Waals surface area contributed by atoms with Crippen molar-refractivity contribution in [3.8, 4) is 5.88 Å². The molecule has 5 nitrogen and oxygen atoms in total. The van der Waals surface area contributed by atoms with E-state index in [4.69, 9.17) is 10.5 Å². The van der Waals surface area contributed by atoms with Crippen molar-refractivity contribution in [1.82, 2.24) is 10.3 Å². The fourth-order valence-corrected chi connectivity index (χ4v) is 2.06. The average molecular weight is 235 g/mol. The average Bonchev–Trinajstić information content (AvgIpc) is 2.26. The van der Waals surface area contributed by atoms with Crippen LogP contribution in [0.15, 0.2) is 18.3 Å². The predicted octanol–water partition coefficient (Wildman–Crippen LogP) is 0.557. The first-order valence-corrected chi connectivity index (χ1v) is 5.76. The number of aromatic nitrogens is 1. The lowest BCUT2D eigenvalue weighted by Crippen LogP contribution is -2.39. The summed E-state index contributed by atoms with van der Waals surface area (Å²) in [5, 5.41) is 3.14. The van der Waals surface area contributed by atoms with Crippen molar-refractivity contribution in [3.05, 3.63) is 23.9 Å². The highest BCUT2D eigenvalue weighted by molar-refractivity contribution is 5.94. The molecule has 1 amide bonds. The van der Waals surface area contributed by atoms with Crippen molar-refractivity contribution in [2.45, 2.75) is 18.9 Å². The van der Waals surface area contributed by atoms with E-state index in [0.29, 0.717) is 17.4 Å². The molecular formula is C12H17N3O2. The molecule has 1 fully saturated rings. The van der Waals surface area contributed by atoms with Gasteiger partial charge in [-0.1, -0.05) is 0 Å². The van der Waals surface area contributed by atoms with Crippen LogP contribution in [0, 0.1) is 5.92 Å². The molecule has 0 radical (unpaired) electrons. The zero-order valence-corrected chi connectivity index (χ0v) is 9.85. The molecule has 1 aliphatic carbocycles. The van der Waals surface area contributed by atoms with Crippen LogP contribution in [0.1, 0.15) is 23.2 Å². The van der Waals surface area contributed by atoms with Gasteiger partial charge in [-0.3, -0.25) is 4.79 Å². The Morgan fingerprint density at radius 2 is 2.41 bits per heavy atom. The molecule has 1 aliphatic rings. The van der Waals surface area contributed by atoms with Crippen molar-refractivity contribution in [2.24, 2.45) is 11.7 Å². The standard InChI is InChI=1S/C12H17N3O2/c1-14-7-8-5-9(6-8)17-12-10(11(13)16)3-2-4-15-12/h2-4,8-9,14H,5-7H2,1H3,(H2,13,16). The van der Waals surface area contributed by atoms with Crippen molar-refractivity contribution < 1.29 is 9.53 Å². The van der Waals surface area contributed by atoms with Gasteiger partial charge in [-0.15, -0.1) is 0 Å². The van der Waals surface area contributed by atoms with Crippen LogP contribution in [0.4, 0.5) is 0 Å². The van der Waals surface area contributed by atoms with E-state index in [1.807, 2.05) is 7.05 Å². The first-order chi connectivity index (χ1) is 8.20. The summed E-state index contributed by atoms with van der Waals surface area (Å²) >= 11 is 0. The number of hydrogen-bond donors (Lipinski definition) is 2. The molecule has 1 saturated carbocycles. The Kier molecular flexibility index (Phi) is 3.58. The number of primary amides is 1. The second-order valence-corrected chi connectivity index (χ2v) is 4.36. The Morgan fingerprint density at radius 3 is 3.06 bits per heavy atom. The maximum Gasteiger partial charge on any atom is 0.254 e. The maximum absolute atomic E-state index is 11.2. The molecule has 92 valence electrons. The van der Waals surface area contributed by atoms with Crippen molar-refractivity contribution in [1.29, 1.82) is 0 Å². The smallest absolute Gasteiger partial charge is 0.254 e. The van der Waals surface area contributed by atoms with Gasteiger partial charge < -0.3 is 15.8 Å². The first-order valence-electron chi connectivity index (χ1n) is 5.76. The van der Waals surface area contributed by atoms with E-state index in [1.165, 1.54) is 0 Å². The number of carbonyl (C=O) groups is 1. The molecule has 17 heavy (non-hydrogen) atoms. The molecule has 3 N–H and O–H groups in total. The summed E-state index contributed by atoms with van der Waals surface area (Å²) in [6, 6.07) is 3.31. The third-order valence-corrected chi connectivity index (χ3v) is 3.00. The summed E-state index contributed by atoms with van der Waals surface area (Å²) in [7, 11) is 1.94. The van der Waals surface area contributed by atoms with E-state index in [2.05, 4.69) is 10.3 Å². The minimum atomic E-state index is -0.501. The third-order valence-electron chi connectivity index (χ3n) is 3.00. The molecule has 2 rings (SSSR count). The molecule has 0 saturated heterocycles. The van der Waals surface area contributed by atoms with Crippen molar-refractivity contribution in [3.63, 3.8) is 0 Å². The van der Waals surface area contributed by atoms with Crippen LogP contribution in [0.25, 0.3) is 0 Å². The SMILES string of the molecule is CNCC1CC(Oc2ncccc2C(N)=O)C1. The lowest BCUT2D eigenvalue weighted by Gasteiger charge is -2.35. The molecule has 0 unspecified atom stereocenters. The number of amides is 1.